The fraction of sp³-hybridized carbons (Fsp3) is 0.200. The molecule has 0 radical (unpaired) electrons. The SMILES string of the molecule is CC(C)=Cc1coc(-c2nn(-c3c(C)ccc(O)c3C)c(N)c2C(N)=O)c1. The number of phenols is 1. The molecule has 3 rings (SSSR count). The Hall–Kier alpha value is -3.48. The van der Waals surface area contributed by atoms with Crippen LogP contribution in [0, 0.1) is 13.8 Å². The number of aromatic hydroxyl groups is 1. The predicted molar refractivity (Wildman–Crippen MR) is 105 cm³/mol. The molecule has 0 bridgehead atoms. The number of nitrogen functional groups attached to an aromatic ring is 1. The largest absolute Gasteiger partial charge is 0.508 e. The Bertz CT molecular complexity index is 1070. The number of hydrogen-bond acceptors (Lipinski definition) is 5. The number of aryl methyl sites for hydroxylation is 1. The number of amides is 1. The Balaban J connectivity index is 2.25. The van der Waals surface area contributed by atoms with Gasteiger partial charge in [-0.1, -0.05) is 17.7 Å². The third kappa shape index (κ3) is 3.19. The van der Waals surface area contributed by atoms with Gasteiger partial charge in [0.1, 0.15) is 22.8 Å². The molecule has 0 aliphatic rings. The molecule has 0 saturated heterocycles. The lowest BCUT2D eigenvalue weighted by atomic mass is 10.1. The van der Waals surface area contributed by atoms with Crippen LogP contribution in [0.5, 0.6) is 5.75 Å². The summed E-state index contributed by atoms with van der Waals surface area (Å²) in [7, 11) is 0. The number of benzene rings is 1. The number of rotatable bonds is 4. The molecule has 7 nitrogen and oxygen atoms in total. The summed E-state index contributed by atoms with van der Waals surface area (Å²) in [5.41, 5.74) is 16.1. The standard InChI is InChI=1S/C20H22N4O3/c1-10(2)7-13-8-15(27-9-13)17-16(20(22)26)19(21)24(23-17)18-11(3)5-6-14(25)12(18)4/h5-9,25H,21H2,1-4H3,(H2,22,26). The highest BCUT2D eigenvalue weighted by Crippen LogP contribution is 2.34. The van der Waals surface area contributed by atoms with Crippen molar-refractivity contribution in [1.29, 1.82) is 0 Å². The van der Waals surface area contributed by atoms with Gasteiger partial charge in [-0.05, 0) is 45.4 Å². The van der Waals surface area contributed by atoms with E-state index >= 15 is 0 Å². The van der Waals surface area contributed by atoms with Gasteiger partial charge in [-0.3, -0.25) is 4.79 Å². The molecule has 2 heterocycles. The van der Waals surface area contributed by atoms with Crippen LogP contribution in [0.3, 0.4) is 0 Å². The van der Waals surface area contributed by atoms with E-state index in [9.17, 15) is 9.90 Å². The Labute approximate surface area is 156 Å². The summed E-state index contributed by atoms with van der Waals surface area (Å²) in [6.07, 6.45) is 3.52. The van der Waals surface area contributed by atoms with E-state index in [1.807, 2.05) is 26.8 Å². The lowest BCUT2D eigenvalue weighted by molar-refractivity contribution is 0.100. The van der Waals surface area contributed by atoms with Crippen LogP contribution >= 0.6 is 0 Å². The highest BCUT2D eigenvalue weighted by Gasteiger charge is 2.26. The number of primary amides is 1. The van der Waals surface area contributed by atoms with Gasteiger partial charge in [0, 0.05) is 11.1 Å². The summed E-state index contributed by atoms with van der Waals surface area (Å²) in [5.74, 6) is -0.118. The number of furan rings is 1. The lowest BCUT2D eigenvalue weighted by Crippen LogP contribution is -2.14. The first-order valence-electron chi connectivity index (χ1n) is 8.42. The van der Waals surface area contributed by atoms with Gasteiger partial charge in [-0.25, -0.2) is 4.68 Å². The van der Waals surface area contributed by atoms with E-state index in [4.69, 9.17) is 15.9 Å². The summed E-state index contributed by atoms with van der Waals surface area (Å²) in [4.78, 5) is 12.1. The second kappa shape index (κ2) is 6.68. The normalized spacial score (nSPS) is 10.8. The molecule has 0 fully saturated rings. The average Bonchev–Trinajstić information content (AvgIpc) is 3.16. The molecule has 0 aliphatic heterocycles. The van der Waals surface area contributed by atoms with Gasteiger partial charge >= 0.3 is 0 Å². The van der Waals surface area contributed by atoms with Crippen LogP contribution in [0.1, 0.15) is 40.9 Å². The number of phenolic OH excluding ortho intramolecular Hbond substituents is 1. The van der Waals surface area contributed by atoms with Crippen LogP contribution in [0.25, 0.3) is 23.2 Å². The maximum Gasteiger partial charge on any atom is 0.254 e. The molecule has 0 unspecified atom stereocenters. The number of nitrogens with two attached hydrogens (primary N) is 2. The molecule has 1 amide bonds. The van der Waals surface area contributed by atoms with Crippen molar-refractivity contribution in [1.82, 2.24) is 9.78 Å². The van der Waals surface area contributed by atoms with Crippen molar-refractivity contribution < 1.29 is 14.3 Å². The molecule has 7 heteroatoms. The third-order valence-electron chi connectivity index (χ3n) is 4.29. The van der Waals surface area contributed by atoms with Crippen LogP contribution in [0.4, 0.5) is 5.82 Å². The van der Waals surface area contributed by atoms with E-state index in [1.54, 1.807) is 31.4 Å². The van der Waals surface area contributed by atoms with Gasteiger partial charge in [0.2, 0.25) is 0 Å². The number of carbonyl (C=O) groups is 1. The first-order valence-corrected chi connectivity index (χ1v) is 8.42. The Morgan fingerprint density at radius 2 is 2.00 bits per heavy atom. The van der Waals surface area contributed by atoms with Crippen molar-refractivity contribution in [3.8, 4) is 22.9 Å². The smallest absolute Gasteiger partial charge is 0.254 e. The fourth-order valence-electron chi connectivity index (χ4n) is 3.05. The van der Waals surface area contributed by atoms with E-state index in [2.05, 4.69) is 5.10 Å². The van der Waals surface area contributed by atoms with Gasteiger partial charge in [-0.2, -0.15) is 5.10 Å². The van der Waals surface area contributed by atoms with Crippen LogP contribution in [-0.4, -0.2) is 20.8 Å². The monoisotopic (exact) mass is 366 g/mol. The molecule has 2 aromatic heterocycles. The molecule has 0 saturated carbocycles. The molecule has 140 valence electrons. The highest BCUT2D eigenvalue weighted by atomic mass is 16.3. The Morgan fingerprint density at radius 1 is 1.30 bits per heavy atom. The summed E-state index contributed by atoms with van der Waals surface area (Å²) < 4.78 is 7.02. The van der Waals surface area contributed by atoms with Gasteiger partial charge < -0.3 is 21.0 Å². The molecular formula is C20H22N4O3. The number of anilines is 1. The molecule has 0 aliphatic carbocycles. The van der Waals surface area contributed by atoms with Crippen LogP contribution < -0.4 is 11.5 Å². The van der Waals surface area contributed by atoms with Gasteiger partial charge in [0.25, 0.3) is 5.91 Å². The maximum atomic E-state index is 12.1. The van der Waals surface area contributed by atoms with Crippen molar-refractivity contribution in [3.05, 3.63) is 52.3 Å². The zero-order valence-corrected chi connectivity index (χ0v) is 15.7. The van der Waals surface area contributed by atoms with Crippen molar-refractivity contribution in [3.63, 3.8) is 0 Å². The Morgan fingerprint density at radius 3 is 2.63 bits per heavy atom. The van der Waals surface area contributed by atoms with Crippen molar-refractivity contribution >= 4 is 17.8 Å². The van der Waals surface area contributed by atoms with Crippen LogP contribution in [0.15, 0.2) is 34.5 Å². The first kappa shape index (κ1) is 18.3. The summed E-state index contributed by atoms with van der Waals surface area (Å²) in [5, 5.41) is 14.6. The molecule has 5 N–H and O–H groups in total. The van der Waals surface area contributed by atoms with Crippen LogP contribution in [-0.2, 0) is 0 Å². The maximum absolute atomic E-state index is 12.1. The molecule has 0 spiro atoms. The Kier molecular flexibility index (Phi) is 4.53. The van der Waals surface area contributed by atoms with E-state index in [0.717, 1.165) is 16.7 Å². The minimum absolute atomic E-state index is 0.0789. The van der Waals surface area contributed by atoms with Gasteiger partial charge in [0.15, 0.2) is 5.76 Å². The average molecular weight is 366 g/mol. The van der Waals surface area contributed by atoms with E-state index in [-0.39, 0.29) is 22.8 Å². The summed E-state index contributed by atoms with van der Waals surface area (Å²) in [6.45, 7) is 7.57. The minimum Gasteiger partial charge on any atom is -0.508 e. The van der Waals surface area contributed by atoms with E-state index in [1.165, 1.54) is 4.68 Å². The topological polar surface area (TPSA) is 120 Å². The third-order valence-corrected chi connectivity index (χ3v) is 4.29. The lowest BCUT2D eigenvalue weighted by Gasteiger charge is -2.12. The number of carbonyl (C=O) groups excluding carboxylic acids is 1. The first-order chi connectivity index (χ1) is 12.7. The quantitative estimate of drug-likeness (QED) is 0.652. The van der Waals surface area contributed by atoms with Crippen LogP contribution in [0.2, 0.25) is 0 Å². The number of hydrogen-bond donors (Lipinski definition) is 3. The molecule has 3 aromatic rings. The zero-order chi connectivity index (χ0) is 19.9. The van der Waals surface area contributed by atoms with E-state index in [0.29, 0.717) is 17.0 Å². The van der Waals surface area contributed by atoms with Crippen molar-refractivity contribution in [2.45, 2.75) is 27.7 Å². The second-order valence-corrected chi connectivity index (χ2v) is 6.73. The van der Waals surface area contributed by atoms with Crippen molar-refractivity contribution in [2.24, 2.45) is 5.73 Å². The van der Waals surface area contributed by atoms with Gasteiger partial charge in [0.05, 0.1) is 12.0 Å². The molecule has 27 heavy (non-hydrogen) atoms. The summed E-state index contributed by atoms with van der Waals surface area (Å²) in [6, 6.07) is 5.12. The molecule has 1 aromatic carbocycles. The zero-order valence-electron chi connectivity index (χ0n) is 15.7. The highest BCUT2D eigenvalue weighted by molar-refractivity contribution is 6.03. The van der Waals surface area contributed by atoms with Gasteiger partial charge in [-0.15, -0.1) is 0 Å². The van der Waals surface area contributed by atoms with E-state index < -0.39 is 5.91 Å². The molecule has 0 atom stereocenters. The number of nitrogens with zero attached hydrogens (tertiary/aromatic N) is 2. The predicted octanol–water partition coefficient (Wildman–Crippen LogP) is 3.56. The number of aromatic nitrogens is 2. The second-order valence-electron chi connectivity index (χ2n) is 6.73. The summed E-state index contributed by atoms with van der Waals surface area (Å²) >= 11 is 0. The fourth-order valence-corrected chi connectivity index (χ4v) is 3.05. The van der Waals surface area contributed by atoms with Crippen molar-refractivity contribution in [2.75, 3.05) is 5.73 Å². The molecular weight excluding hydrogens is 344 g/mol. The minimum atomic E-state index is -0.704. The number of allylic oxidation sites excluding steroid dienone is 1.